The summed E-state index contributed by atoms with van der Waals surface area (Å²) in [6.45, 7) is -0.283. The summed E-state index contributed by atoms with van der Waals surface area (Å²) in [6, 6.07) is 1.38. The van der Waals surface area contributed by atoms with Crippen LogP contribution in [0.3, 0.4) is 0 Å². The number of hydrogen-bond acceptors (Lipinski definition) is 2. The van der Waals surface area contributed by atoms with Gasteiger partial charge in [-0.05, 0) is 30.0 Å². The Bertz CT molecular complexity index is 371. The lowest BCUT2D eigenvalue weighted by Gasteiger charge is -2.19. The van der Waals surface area contributed by atoms with Crippen LogP contribution < -0.4 is 0 Å². The van der Waals surface area contributed by atoms with Crippen LogP contribution in [0.1, 0.15) is 24.0 Å². The Morgan fingerprint density at radius 2 is 2.00 bits per heavy atom. The number of alkyl halides is 3. The third-order valence-electron chi connectivity index (χ3n) is 2.82. The van der Waals surface area contributed by atoms with Gasteiger partial charge in [-0.2, -0.15) is 13.2 Å². The number of rotatable bonds is 2. The molecule has 0 saturated heterocycles. The van der Waals surface area contributed by atoms with Gasteiger partial charge in [-0.1, -0.05) is 0 Å². The first-order valence-electron chi connectivity index (χ1n) is 4.61. The van der Waals surface area contributed by atoms with Gasteiger partial charge in [0, 0.05) is 12.4 Å². The zero-order chi connectivity index (χ0) is 11.1. The normalized spacial score (nSPS) is 18.9. The molecule has 15 heavy (non-hydrogen) atoms. The minimum Gasteiger partial charge on any atom is -0.392 e. The van der Waals surface area contributed by atoms with Crippen molar-refractivity contribution in [2.45, 2.75) is 31.0 Å². The number of pyridine rings is 1. The Morgan fingerprint density at radius 1 is 1.33 bits per heavy atom. The number of nitrogens with zero attached hydrogens (tertiary/aromatic N) is 1. The molecule has 0 aromatic carbocycles. The highest BCUT2D eigenvalue weighted by molar-refractivity contribution is 5.33. The van der Waals surface area contributed by atoms with Crippen LogP contribution in [0.5, 0.6) is 0 Å². The molecule has 0 atom stereocenters. The van der Waals surface area contributed by atoms with Crippen LogP contribution in [0.15, 0.2) is 18.5 Å². The SMILES string of the molecule is OCc1cncc(C2(C(F)(F)F)CC2)c1. The molecule has 0 spiro atoms. The Kier molecular flexibility index (Phi) is 2.22. The molecule has 0 unspecified atom stereocenters. The standard InChI is InChI=1S/C10H10F3NO/c11-10(12,13)9(1-2-9)8-3-7(6-15)4-14-5-8/h3-5,15H,1-2,6H2. The molecule has 0 aliphatic heterocycles. The summed E-state index contributed by atoms with van der Waals surface area (Å²) in [4.78, 5) is 3.72. The van der Waals surface area contributed by atoms with Crippen LogP contribution in [0.25, 0.3) is 0 Å². The van der Waals surface area contributed by atoms with E-state index in [2.05, 4.69) is 4.98 Å². The van der Waals surface area contributed by atoms with Crippen molar-refractivity contribution in [3.63, 3.8) is 0 Å². The number of hydrogen-bond donors (Lipinski definition) is 1. The highest BCUT2D eigenvalue weighted by atomic mass is 19.4. The average Bonchev–Trinajstić information content (AvgIpc) is 2.97. The van der Waals surface area contributed by atoms with Crippen LogP contribution in [-0.4, -0.2) is 16.3 Å². The lowest BCUT2D eigenvalue weighted by Crippen LogP contribution is -2.28. The zero-order valence-electron chi connectivity index (χ0n) is 7.88. The molecule has 1 aromatic rings. The fourth-order valence-corrected chi connectivity index (χ4v) is 1.70. The summed E-state index contributed by atoms with van der Waals surface area (Å²) in [5, 5.41) is 8.83. The fraction of sp³-hybridized carbons (Fsp3) is 0.500. The zero-order valence-corrected chi connectivity index (χ0v) is 7.88. The van der Waals surface area contributed by atoms with Crippen molar-refractivity contribution in [3.8, 4) is 0 Å². The van der Waals surface area contributed by atoms with Crippen molar-refractivity contribution < 1.29 is 18.3 Å². The second kappa shape index (κ2) is 3.20. The van der Waals surface area contributed by atoms with E-state index in [1.54, 1.807) is 0 Å². The highest BCUT2D eigenvalue weighted by Crippen LogP contribution is 2.58. The third-order valence-corrected chi connectivity index (χ3v) is 2.82. The van der Waals surface area contributed by atoms with Crippen LogP contribution >= 0.6 is 0 Å². The highest BCUT2D eigenvalue weighted by Gasteiger charge is 2.64. The van der Waals surface area contributed by atoms with Crippen LogP contribution in [0.4, 0.5) is 13.2 Å². The molecular weight excluding hydrogens is 207 g/mol. The number of aromatic nitrogens is 1. The van der Waals surface area contributed by atoms with Gasteiger partial charge in [-0.3, -0.25) is 4.98 Å². The molecule has 82 valence electrons. The van der Waals surface area contributed by atoms with Gasteiger partial charge in [0.1, 0.15) is 0 Å². The van der Waals surface area contributed by atoms with E-state index in [1.807, 2.05) is 0 Å². The van der Waals surface area contributed by atoms with Gasteiger partial charge in [0.2, 0.25) is 0 Å². The molecule has 2 nitrogen and oxygen atoms in total. The summed E-state index contributed by atoms with van der Waals surface area (Å²) in [7, 11) is 0. The van der Waals surface area contributed by atoms with Crippen molar-refractivity contribution in [3.05, 3.63) is 29.6 Å². The summed E-state index contributed by atoms with van der Waals surface area (Å²) < 4.78 is 38.2. The van der Waals surface area contributed by atoms with Crippen LogP contribution in [0.2, 0.25) is 0 Å². The molecule has 1 saturated carbocycles. The van der Waals surface area contributed by atoms with E-state index < -0.39 is 11.6 Å². The predicted octanol–water partition coefficient (Wildman–Crippen LogP) is 2.17. The van der Waals surface area contributed by atoms with Gasteiger partial charge in [-0.15, -0.1) is 0 Å². The van der Waals surface area contributed by atoms with Crippen molar-refractivity contribution in [1.29, 1.82) is 0 Å². The van der Waals surface area contributed by atoms with E-state index in [4.69, 9.17) is 5.11 Å². The van der Waals surface area contributed by atoms with Gasteiger partial charge < -0.3 is 5.11 Å². The van der Waals surface area contributed by atoms with Gasteiger partial charge in [-0.25, -0.2) is 0 Å². The van der Waals surface area contributed by atoms with Crippen LogP contribution in [-0.2, 0) is 12.0 Å². The van der Waals surface area contributed by atoms with E-state index in [9.17, 15) is 13.2 Å². The fourth-order valence-electron chi connectivity index (χ4n) is 1.70. The molecular formula is C10H10F3NO. The average molecular weight is 217 g/mol. The topological polar surface area (TPSA) is 33.1 Å². The maximum Gasteiger partial charge on any atom is 0.398 e. The maximum absolute atomic E-state index is 12.7. The molecule has 2 rings (SSSR count). The Labute approximate surface area is 84.8 Å². The second-order valence-electron chi connectivity index (χ2n) is 3.82. The largest absolute Gasteiger partial charge is 0.398 e. The molecule has 1 aliphatic carbocycles. The van der Waals surface area contributed by atoms with E-state index in [1.165, 1.54) is 18.5 Å². The molecule has 1 aromatic heterocycles. The first kappa shape index (κ1) is 10.4. The van der Waals surface area contributed by atoms with E-state index in [0.29, 0.717) is 5.56 Å². The molecule has 1 heterocycles. The van der Waals surface area contributed by atoms with Crippen molar-refractivity contribution >= 4 is 0 Å². The maximum atomic E-state index is 12.7. The Morgan fingerprint density at radius 3 is 2.47 bits per heavy atom. The van der Waals surface area contributed by atoms with Gasteiger partial charge in [0.25, 0.3) is 0 Å². The first-order chi connectivity index (χ1) is 6.99. The van der Waals surface area contributed by atoms with Crippen molar-refractivity contribution in [2.75, 3.05) is 0 Å². The van der Waals surface area contributed by atoms with Gasteiger partial charge in [0.15, 0.2) is 0 Å². The number of aliphatic hydroxyl groups is 1. The van der Waals surface area contributed by atoms with E-state index in [0.717, 1.165) is 0 Å². The Hall–Kier alpha value is -1.10. The quantitative estimate of drug-likeness (QED) is 0.823. The predicted molar refractivity (Wildman–Crippen MR) is 47.1 cm³/mol. The number of aliphatic hydroxyl groups excluding tert-OH is 1. The van der Waals surface area contributed by atoms with E-state index >= 15 is 0 Å². The summed E-state index contributed by atoms with van der Waals surface area (Å²) in [5.74, 6) is 0. The summed E-state index contributed by atoms with van der Waals surface area (Å²) in [5.41, 5.74) is -1.12. The van der Waals surface area contributed by atoms with Gasteiger partial charge in [0.05, 0.1) is 12.0 Å². The molecule has 0 amide bonds. The second-order valence-corrected chi connectivity index (χ2v) is 3.82. The lowest BCUT2D eigenvalue weighted by molar-refractivity contribution is -0.160. The van der Waals surface area contributed by atoms with Crippen molar-refractivity contribution in [2.24, 2.45) is 0 Å². The summed E-state index contributed by atoms with van der Waals surface area (Å²) >= 11 is 0. The molecule has 5 heteroatoms. The number of halogens is 3. The van der Waals surface area contributed by atoms with Crippen LogP contribution in [0, 0.1) is 0 Å². The summed E-state index contributed by atoms with van der Waals surface area (Å²) in [6.07, 6.45) is -1.38. The monoisotopic (exact) mass is 217 g/mol. The molecule has 1 aliphatic rings. The lowest BCUT2D eigenvalue weighted by atomic mass is 9.96. The van der Waals surface area contributed by atoms with E-state index in [-0.39, 0.29) is 25.0 Å². The third kappa shape index (κ3) is 1.61. The molecule has 0 radical (unpaired) electrons. The molecule has 1 N–H and O–H groups in total. The smallest absolute Gasteiger partial charge is 0.392 e. The van der Waals surface area contributed by atoms with Crippen molar-refractivity contribution in [1.82, 2.24) is 4.98 Å². The van der Waals surface area contributed by atoms with Gasteiger partial charge >= 0.3 is 6.18 Å². The molecule has 1 fully saturated rings. The minimum atomic E-state index is -4.22. The minimum absolute atomic E-state index is 0.118. The Balaban J connectivity index is 2.38. The first-order valence-corrected chi connectivity index (χ1v) is 4.61. The molecule has 0 bridgehead atoms.